The molecule has 1 heterocycles. The third-order valence-electron chi connectivity index (χ3n) is 2.95. The van der Waals surface area contributed by atoms with Crippen molar-refractivity contribution in [3.05, 3.63) is 58.3 Å². The Bertz CT molecular complexity index is 638. The molecule has 0 spiro atoms. The smallest absolute Gasteiger partial charge is 0.268 e. The van der Waals surface area contributed by atoms with Crippen LogP contribution >= 0.6 is 15.9 Å². The maximum Gasteiger partial charge on any atom is 0.268 e. The first-order valence-corrected chi connectivity index (χ1v) is 7.26. The number of benzene rings is 1. The SMILES string of the molecule is Cn1cc(Br)cc1C(=O)NCC(=O)NCc1ccccc1. The monoisotopic (exact) mass is 349 g/mol. The Balaban J connectivity index is 1.79. The Morgan fingerprint density at radius 1 is 1.19 bits per heavy atom. The topological polar surface area (TPSA) is 63.1 Å². The molecule has 1 aromatic heterocycles. The molecule has 1 aromatic carbocycles. The van der Waals surface area contributed by atoms with Gasteiger partial charge in [-0.15, -0.1) is 0 Å². The fraction of sp³-hybridized carbons (Fsp3) is 0.200. The van der Waals surface area contributed by atoms with E-state index in [4.69, 9.17) is 0 Å². The highest BCUT2D eigenvalue weighted by Gasteiger charge is 2.12. The van der Waals surface area contributed by atoms with E-state index in [-0.39, 0.29) is 18.4 Å². The van der Waals surface area contributed by atoms with Crippen molar-refractivity contribution in [2.45, 2.75) is 6.54 Å². The van der Waals surface area contributed by atoms with E-state index in [0.717, 1.165) is 10.0 Å². The summed E-state index contributed by atoms with van der Waals surface area (Å²) in [5, 5.41) is 5.35. The second-order valence-electron chi connectivity index (χ2n) is 4.60. The number of carbonyl (C=O) groups is 2. The van der Waals surface area contributed by atoms with Crippen LogP contribution in [-0.4, -0.2) is 22.9 Å². The number of aromatic nitrogens is 1. The highest BCUT2D eigenvalue weighted by molar-refractivity contribution is 9.10. The van der Waals surface area contributed by atoms with E-state index in [1.807, 2.05) is 30.3 Å². The van der Waals surface area contributed by atoms with Gasteiger partial charge in [-0.2, -0.15) is 0 Å². The van der Waals surface area contributed by atoms with Gasteiger partial charge >= 0.3 is 0 Å². The molecule has 0 fully saturated rings. The number of nitrogens with zero attached hydrogens (tertiary/aromatic N) is 1. The third kappa shape index (κ3) is 4.46. The van der Waals surface area contributed by atoms with E-state index in [1.54, 1.807) is 23.9 Å². The Morgan fingerprint density at radius 2 is 1.90 bits per heavy atom. The molecule has 2 aromatic rings. The van der Waals surface area contributed by atoms with Gasteiger partial charge in [0.05, 0.1) is 6.54 Å². The van der Waals surface area contributed by atoms with Crippen molar-refractivity contribution in [2.75, 3.05) is 6.54 Å². The lowest BCUT2D eigenvalue weighted by molar-refractivity contribution is -0.120. The Morgan fingerprint density at radius 3 is 2.52 bits per heavy atom. The van der Waals surface area contributed by atoms with Gasteiger partial charge in [-0.05, 0) is 27.6 Å². The van der Waals surface area contributed by atoms with Crippen LogP contribution in [0.2, 0.25) is 0 Å². The number of rotatable bonds is 5. The van der Waals surface area contributed by atoms with Crippen LogP contribution in [0.3, 0.4) is 0 Å². The van der Waals surface area contributed by atoms with Crippen LogP contribution in [0.15, 0.2) is 47.1 Å². The molecule has 110 valence electrons. The quantitative estimate of drug-likeness (QED) is 0.864. The first kappa shape index (κ1) is 15.3. The summed E-state index contributed by atoms with van der Waals surface area (Å²) in [4.78, 5) is 23.6. The van der Waals surface area contributed by atoms with Crippen LogP contribution in [0.25, 0.3) is 0 Å². The van der Waals surface area contributed by atoms with Crippen LogP contribution in [0.4, 0.5) is 0 Å². The van der Waals surface area contributed by atoms with Gasteiger partial charge in [0.2, 0.25) is 5.91 Å². The van der Waals surface area contributed by atoms with Crippen LogP contribution in [-0.2, 0) is 18.4 Å². The minimum absolute atomic E-state index is 0.0472. The normalized spacial score (nSPS) is 10.2. The molecule has 21 heavy (non-hydrogen) atoms. The number of carbonyl (C=O) groups excluding carboxylic acids is 2. The van der Waals surface area contributed by atoms with Crippen LogP contribution in [0, 0.1) is 0 Å². The molecule has 5 nitrogen and oxygen atoms in total. The molecule has 2 amide bonds. The fourth-order valence-electron chi connectivity index (χ4n) is 1.86. The fourth-order valence-corrected chi connectivity index (χ4v) is 2.38. The largest absolute Gasteiger partial charge is 0.350 e. The van der Waals surface area contributed by atoms with Crippen molar-refractivity contribution in [2.24, 2.45) is 7.05 Å². The van der Waals surface area contributed by atoms with Crippen LogP contribution < -0.4 is 10.6 Å². The van der Waals surface area contributed by atoms with Gasteiger partial charge in [-0.25, -0.2) is 0 Å². The second-order valence-corrected chi connectivity index (χ2v) is 5.52. The van der Waals surface area contributed by atoms with Gasteiger partial charge < -0.3 is 15.2 Å². The summed E-state index contributed by atoms with van der Waals surface area (Å²) in [5.74, 6) is -0.501. The molecule has 0 saturated carbocycles. The zero-order valence-electron chi connectivity index (χ0n) is 11.6. The predicted octanol–water partition coefficient (Wildman–Crippen LogP) is 1.83. The summed E-state index contributed by atoms with van der Waals surface area (Å²) in [6.07, 6.45) is 1.78. The second kappa shape index (κ2) is 7.08. The Kier molecular flexibility index (Phi) is 5.16. The van der Waals surface area contributed by atoms with E-state index >= 15 is 0 Å². The van der Waals surface area contributed by atoms with Gasteiger partial charge in [-0.3, -0.25) is 9.59 Å². The maximum atomic E-state index is 11.9. The molecule has 2 rings (SSSR count). The van der Waals surface area contributed by atoms with E-state index in [1.165, 1.54) is 0 Å². The number of hydrogen-bond donors (Lipinski definition) is 2. The summed E-state index contributed by atoms with van der Waals surface area (Å²) in [6.45, 7) is 0.402. The predicted molar refractivity (Wildman–Crippen MR) is 83.7 cm³/mol. The van der Waals surface area contributed by atoms with Gasteiger partial charge in [0, 0.05) is 24.3 Å². The van der Waals surface area contributed by atoms with Crippen molar-refractivity contribution in [3.8, 4) is 0 Å². The summed E-state index contributed by atoms with van der Waals surface area (Å²) >= 11 is 3.30. The molecule has 0 unspecified atom stereocenters. The molecular weight excluding hydrogens is 334 g/mol. The molecule has 6 heteroatoms. The van der Waals surface area contributed by atoms with E-state index < -0.39 is 0 Å². The highest BCUT2D eigenvalue weighted by atomic mass is 79.9. The van der Waals surface area contributed by atoms with Crippen molar-refractivity contribution >= 4 is 27.7 Å². The van der Waals surface area contributed by atoms with E-state index in [9.17, 15) is 9.59 Å². The minimum Gasteiger partial charge on any atom is -0.350 e. The maximum absolute atomic E-state index is 11.9. The Hall–Kier alpha value is -2.08. The molecule has 0 aliphatic rings. The first-order chi connectivity index (χ1) is 10.1. The van der Waals surface area contributed by atoms with Crippen LogP contribution in [0.1, 0.15) is 16.1 Å². The summed E-state index contributed by atoms with van der Waals surface area (Å²) in [6, 6.07) is 11.3. The number of aryl methyl sites for hydroxylation is 1. The molecule has 0 saturated heterocycles. The van der Waals surface area contributed by atoms with Crippen molar-refractivity contribution in [3.63, 3.8) is 0 Å². The molecule has 0 atom stereocenters. The minimum atomic E-state index is -0.280. The molecule has 0 bridgehead atoms. The average molecular weight is 350 g/mol. The van der Waals surface area contributed by atoms with Gasteiger partial charge in [-0.1, -0.05) is 30.3 Å². The standard InChI is InChI=1S/C15H16BrN3O2/c1-19-10-12(16)7-13(19)15(21)18-9-14(20)17-8-11-5-3-2-4-6-11/h2-7,10H,8-9H2,1H3,(H,17,20)(H,18,21). The molecule has 0 aliphatic heterocycles. The highest BCUT2D eigenvalue weighted by Crippen LogP contribution is 2.13. The Labute approximate surface area is 131 Å². The third-order valence-corrected chi connectivity index (χ3v) is 3.38. The zero-order chi connectivity index (χ0) is 15.2. The number of nitrogens with one attached hydrogen (secondary N) is 2. The van der Waals surface area contributed by atoms with Crippen molar-refractivity contribution in [1.82, 2.24) is 15.2 Å². The number of hydrogen-bond acceptors (Lipinski definition) is 2. The lowest BCUT2D eigenvalue weighted by Gasteiger charge is -2.07. The lowest BCUT2D eigenvalue weighted by atomic mass is 10.2. The molecule has 0 radical (unpaired) electrons. The van der Waals surface area contributed by atoms with Crippen LogP contribution in [0.5, 0.6) is 0 Å². The van der Waals surface area contributed by atoms with Gasteiger partial charge in [0.1, 0.15) is 5.69 Å². The van der Waals surface area contributed by atoms with Gasteiger partial charge in [0.25, 0.3) is 5.91 Å². The molecule has 0 aliphatic carbocycles. The molecule has 2 N–H and O–H groups in total. The first-order valence-electron chi connectivity index (χ1n) is 6.47. The molecular formula is C15H16BrN3O2. The van der Waals surface area contributed by atoms with Crippen molar-refractivity contribution in [1.29, 1.82) is 0 Å². The lowest BCUT2D eigenvalue weighted by Crippen LogP contribution is -2.37. The zero-order valence-corrected chi connectivity index (χ0v) is 13.2. The average Bonchev–Trinajstić information content (AvgIpc) is 2.82. The van der Waals surface area contributed by atoms with Gasteiger partial charge in [0.15, 0.2) is 0 Å². The summed E-state index contributed by atoms with van der Waals surface area (Å²) in [5.41, 5.74) is 1.52. The summed E-state index contributed by atoms with van der Waals surface area (Å²) in [7, 11) is 1.77. The van der Waals surface area contributed by atoms with E-state index in [0.29, 0.717) is 12.2 Å². The van der Waals surface area contributed by atoms with Crippen molar-refractivity contribution < 1.29 is 9.59 Å². The summed E-state index contributed by atoms with van der Waals surface area (Å²) < 4.78 is 2.52. The van der Waals surface area contributed by atoms with E-state index in [2.05, 4.69) is 26.6 Å². The number of amides is 2. The number of halogens is 1.